The quantitative estimate of drug-likeness (QED) is 0.667. The molecule has 0 spiro atoms. The van der Waals surface area contributed by atoms with Crippen molar-refractivity contribution in [3.8, 4) is 11.4 Å². The van der Waals surface area contributed by atoms with E-state index in [1.54, 1.807) is 12.1 Å². The molecule has 21 heavy (non-hydrogen) atoms. The lowest BCUT2D eigenvalue weighted by atomic mass is 10.1. The molecule has 1 aromatic heterocycles. The Morgan fingerprint density at radius 1 is 1.43 bits per heavy atom. The highest BCUT2D eigenvalue weighted by Crippen LogP contribution is 2.16. The van der Waals surface area contributed by atoms with Gasteiger partial charge in [-0.15, -0.1) is 0 Å². The van der Waals surface area contributed by atoms with E-state index >= 15 is 0 Å². The van der Waals surface area contributed by atoms with Gasteiger partial charge in [-0.2, -0.15) is 4.98 Å². The Hall–Kier alpha value is -2.44. The normalized spacial score (nSPS) is 12.5. The molecule has 2 rings (SSSR count). The maximum atomic E-state index is 13.1. The summed E-state index contributed by atoms with van der Waals surface area (Å²) in [5.74, 6) is 0.582. The van der Waals surface area contributed by atoms with Gasteiger partial charge in [-0.3, -0.25) is 0 Å². The van der Waals surface area contributed by atoms with Crippen LogP contribution in [0, 0.1) is 5.82 Å². The van der Waals surface area contributed by atoms with E-state index in [0.717, 1.165) is 0 Å². The van der Waals surface area contributed by atoms with Crippen molar-refractivity contribution < 1.29 is 8.91 Å². The molecule has 0 saturated heterocycles. The van der Waals surface area contributed by atoms with Gasteiger partial charge in [0, 0.05) is 11.1 Å². The van der Waals surface area contributed by atoms with E-state index in [0.29, 0.717) is 23.2 Å². The lowest BCUT2D eigenvalue weighted by molar-refractivity contribution is 0.380. The summed E-state index contributed by atoms with van der Waals surface area (Å²) in [6.45, 7) is 6.09. The van der Waals surface area contributed by atoms with E-state index in [9.17, 15) is 4.39 Å². The molecule has 0 fully saturated rings. The lowest BCUT2D eigenvalue weighted by Gasteiger charge is -2.20. The predicted molar refractivity (Wildman–Crippen MR) is 77.9 cm³/mol. The van der Waals surface area contributed by atoms with Gasteiger partial charge in [-0.25, -0.2) is 9.38 Å². The minimum atomic E-state index is -0.351. The Bertz CT molecular complexity index is 645. The summed E-state index contributed by atoms with van der Waals surface area (Å²) in [6, 6.07) is 5.99. The van der Waals surface area contributed by atoms with Crippen LogP contribution in [0.2, 0.25) is 0 Å². The van der Waals surface area contributed by atoms with Gasteiger partial charge in [0.25, 0.3) is 0 Å². The third-order valence-corrected chi connectivity index (χ3v) is 2.44. The number of hydrogen-bond acceptors (Lipinski definition) is 4. The maximum absolute atomic E-state index is 13.1. The zero-order chi connectivity index (χ0) is 15.5. The third-order valence-electron chi connectivity index (χ3n) is 2.44. The Morgan fingerprint density at radius 3 is 2.86 bits per heavy atom. The smallest absolute Gasteiger partial charge is 0.248 e. The first kappa shape index (κ1) is 15.0. The molecule has 0 aliphatic heterocycles. The molecule has 0 atom stereocenters. The molecule has 7 heteroatoms. The van der Waals surface area contributed by atoms with Crippen LogP contribution in [-0.2, 0) is 6.54 Å². The van der Waals surface area contributed by atoms with Crippen LogP contribution in [0.25, 0.3) is 11.4 Å². The fourth-order valence-electron chi connectivity index (χ4n) is 1.64. The first-order valence-corrected chi connectivity index (χ1v) is 6.50. The summed E-state index contributed by atoms with van der Waals surface area (Å²) in [5, 5.41) is 6.82. The van der Waals surface area contributed by atoms with Crippen molar-refractivity contribution in [1.29, 1.82) is 0 Å². The molecule has 0 amide bonds. The number of halogens is 1. The number of hydrogen-bond donors (Lipinski definition) is 2. The summed E-state index contributed by atoms with van der Waals surface area (Å²) in [5.41, 5.74) is 6.12. The molecule has 3 N–H and O–H groups in total. The first-order valence-electron chi connectivity index (χ1n) is 6.50. The molecule has 0 radical (unpaired) electrons. The van der Waals surface area contributed by atoms with Gasteiger partial charge in [-0.05, 0) is 32.9 Å². The molecular weight excluding hydrogens is 273 g/mol. The SMILES string of the molecule is CC(C)(C)NC(N)=NCc1nc(-c2cccc(F)c2)no1. The van der Waals surface area contributed by atoms with Crippen molar-refractivity contribution in [1.82, 2.24) is 15.5 Å². The molecule has 0 unspecified atom stereocenters. The van der Waals surface area contributed by atoms with Crippen LogP contribution < -0.4 is 11.1 Å². The molecule has 1 aromatic carbocycles. The number of nitrogens with one attached hydrogen (secondary N) is 1. The highest BCUT2D eigenvalue weighted by Gasteiger charge is 2.11. The molecule has 6 nitrogen and oxygen atoms in total. The molecule has 1 heterocycles. The van der Waals surface area contributed by atoms with Crippen LogP contribution in [-0.4, -0.2) is 21.6 Å². The second-order valence-corrected chi connectivity index (χ2v) is 5.60. The Labute approximate surface area is 122 Å². The van der Waals surface area contributed by atoms with Crippen molar-refractivity contribution in [2.75, 3.05) is 0 Å². The van der Waals surface area contributed by atoms with Crippen LogP contribution in [0.4, 0.5) is 4.39 Å². The monoisotopic (exact) mass is 291 g/mol. The average Bonchev–Trinajstić information content (AvgIpc) is 2.83. The van der Waals surface area contributed by atoms with Gasteiger partial charge in [0.2, 0.25) is 11.7 Å². The number of aromatic nitrogens is 2. The molecule has 112 valence electrons. The fraction of sp³-hybridized carbons (Fsp3) is 0.357. The number of nitrogens with two attached hydrogens (primary N) is 1. The Balaban J connectivity index is 2.05. The molecule has 2 aromatic rings. The van der Waals surface area contributed by atoms with Crippen LogP contribution in [0.5, 0.6) is 0 Å². The van der Waals surface area contributed by atoms with E-state index in [-0.39, 0.29) is 17.9 Å². The van der Waals surface area contributed by atoms with Crippen molar-refractivity contribution >= 4 is 5.96 Å². The molecule has 0 bridgehead atoms. The molecule has 0 saturated carbocycles. The molecule has 0 aliphatic rings. The number of rotatable bonds is 3. The van der Waals surface area contributed by atoms with E-state index in [1.165, 1.54) is 12.1 Å². The van der Waals surface area contributed by atoms with Crippen LogP contribution in [0.3, 0.4) is 0 Å². The van der Waals surface area contributed by atoms with Crippen LogP contribution >= 0.6 is 0 Å². The summed E-state index contributed by atoms with van der Waals surface area (Å²) < 4.78 is 18.2. The van der Waals surface area contributed by atoms with Crippen molar-refractivity contribution in [3.05, 3.63) is 36.0 Å². The van der Waals surface area contributed by atoms with Crippen LogP contribution in [0.1, 0.15) is 26.7 Å². The highest BCUT2D eigenvalue weighted by atomic mass is 19.1. The second-order valence-electron chi connectivity index (χ2n) is 5.60. The highest BCUT2D eigenvalue weighted by molar-refractivity contribution is 5.78. The van der Waals surface area contributed by atoms with E-state index < -0.39 is 0 Å². The van der Waals surface area contributed by atoms with E-state index in [1.807, 2.05) is 20.8 Å². The van der Waals surface area contributed by atoms with Crippen molar-refractivity contribution in [2.45, 2.75) is 32.9 Å². The van der Waals surface area contributed by atoms with Crippen molar-refractivity contribution in [2.24, 2.45) is 10.7 Å². The average molecular weight is 291 g/mol. The van der Waals surface area contributed by atoms with Crippen LogP contribution in [0.15, 0.2) is 33.8 Å². The molecular formula is C14H18FN5O. The van der Waals surface area contributed by atoms with Gasteiger partial charge in [0.05, 0.1) is 0 Å². The fourth-order valence-corrected chi connectivity index (χ4v) is 1.64. The minimum absolute atomic E-state index is 0.164. The number of aliphatic imine (C=N–C) groups is 1. The number of benzene rings is 1. The summed E-state index contributed by atoms with van der Waals surface area (Å²) in [6.07, 6.45) is 0. The zero-order valence-electron chi connectivity index (χ0n) is 12.2. The maximum Gasteiger partial charge on any atom is 0.248 e. The number of nitrogens with zero attached hydrogens (tertiary/aromatic N) is 3. The number of guanidine groups is 1. The van der Waals surface area contributed by atoms with Crippen molar-refractivity contribution in [3.63, 3.8) is 0 Å². The predicted octanol–water partition coefficient (Wildman–Crippen LogP) is 2.08. The molecule has 0 aliphatic carbocycles. The summed E-state index contributed by atoms with van der Waals surface area (Å²) >= 11 is 0. The third kappa shape index (κ3) is 4.55. The second kappa shape index (κ2) is 5.90. The first-order chi connectivity index (χ1) is 9.83. The van der Waals surface area contributed by atoms with Gasteiger partial charge < -0.3 is 15.6 Å². The topological polar surface area (TPSA) is 89.3 Å². The Morgan fingerprint density at radius 2 is 2.19 bits per heavy atom. The summed E-state index contributed by atoms with van der Waals surface area (Å²) in [4.78, 5) is 8.27. The van der Waals surface area contributed by atoms with Gasteiger partial charge in [-0.1, -0.05) is 17.3 Å². The summed E-state index contributed by atoms with van der Waals surface area (Å²) in [7, 11) is 0. The van der Waals surface area contributed by atoms with E-state index in [4.69, 9.17) is 10.3 Å². The zero-order valence-corrected chi connectivity index (χ0v) is 12.2. The minimum Gasteiger partial charge on any atom is -0.370 e. The Kier molecular flexibility index (Phi) is 4.21. The lowest BCUT2D eigenvalue weighted by Crippen LogP contribution is -2.44. The largest absolute Gasteiger partial charge is 0.370 e. The van der Waals surface area contributed by atoms with E-state index in [2.05, 4.69) is 20.4 Å². The van der Waals surface area contributed by atoms with Gasteiger partial charge >= 0.3 is 0 Å². The van der Waals surface area contributed by atoms with Gasteiger partial charge in [0.15, 0.2) is 5.96 Å². The van der Waals surface area contributed by atoms with Gasteiger partial charge in [0.1, 0.15) is 12.4 Å². The standard InChI is InChI=1S/C14H18FN5O/c1-14(2,3)19-13(16)17-8-11-18-12(20-21-11)9-5-4-6-10(15)7-9/h4-7H,8H2,1-3H3,(H3,16,17,19).